The molecule has 0 saturated carbocycles. The highest BCUT2D eigenvalue weighted by Gasteiger charge is 2.35. The lowest BCUT2D eigenvalue weighted by Gasteiger charge is -2.14. The van der Waals surface area contributed by atoms with Gasteiger partial charge in [0, 0.05) is 27.9 Å². The van der Waals surface area contributed by atoms with Crippen LogP contribution in [0.1, 0.15) is 36.7 Å². The summed E-state index contributed by atoms with van der Waals surface area (Å²) < 4.78 is 140. The van der Waals surface area contributed by atoms with E-state index in [-0.39, 0.29) is 44.8 Å². The molecule has 2 amide bonds. The second-order valence-corrected chi connectivity index (χ2v) is 13.8. The highest BCUT2D eigenvalue weighted by atomic mass is 32.2. The predicted octanol–water partition coefficient (Wildman–Crippen LogP) is 8.45. The van der Waals surface area contributed by atoms with Crippen molar-refractivity contribution in [1.82, 2.24) is 4.72 Å². The van der Waals surface area contributed by atoms with Crippen LogP contribution in [0.3, 0.4) is 0 Å². The quantitative estimate of drug-likeness (QED) is 0.131. The van der Waals surface area contributed by atoms with Gasteiger partial charge in [0.15, 0.2) is 0 Å². The van der Waals surface area contributed by atoms with Crippen LogP contribution >= 0.6 is 11.3 Å². The summed E-state index contributed by atoms with van der Waals surface area (Å²) in [5, 5.41) is 4.60. The summed E-state index contributed by atoms with van der Waals surface area (Å²) in [5.74, 6) is -4.49. The standard InChI is InChI=1S/C33H23F8N3O5S2/c1-49-26-10-4-17(21-11-16(3-8-24(21)34)15-42-51(2,47)48)12-22(26)30(45)44-28-20-7-5-18(32(36,37)38)13-27(20)50-29(28)31(46)43-19-6-9-25(35)23(14-19)33(39,40)41/h3-14,42H,15H2,1-2H3,(H,43,46)(H,44,45). The van der Waals surface area contributed by atoms with Crippen molar-refractivity contribution in [3.05, 3.63) is 112 Å². The zero-order valence-electron chi connectivity index (χ0n) is 26.0. The number of ether oxygens (including phenoxy) is 1. The van der Waals surface area contributed by atoms with E-state index in [1.165, 1.54) is 37.4 Å². The number of amides is 2. The van der Waals surface area contributed by atoms with E-state index in [0.717, 1.165) is 30.5 Å². The van der Waals surface area contributed by atoms with Crippen molar-refractivity contribution < 1.29 is 57.9 Å². The number of carbonyl (C=O) groups excluding carboxylic acids is 2. The Balaban J connectivity index is 1.56. The zero-order chi connectivity index (χ0) is 37.5. The molecule has 0 spiro atoms. The molecular formula is C33H23F8N3O5S2. The molecule has 0 unspecified atom stereocenters. The van der Waals surface area contributed by atoms with Crippen LogP contribution in [0.5, 0.6) is 5.75 Å². The first-order chi connectivity index (χ1) is 23.7. The number of methoxy groups -OCH3 is 1. The number of benzene rings is 4. The normalized spacial score (nSPS) is 12.2. The van der Waals surface area contributed by atoms with Gasteiger partial charge < -0.3 is 15.4 Å². The number of alkyl halides is 6. The van der Waals surface area contributed by atoms with Crippen molar-refractivity contribution in [3.63, 3.8) is 0 Å². The molecule has 51 heavy (non-hydrogen) atoms. The number of fused-ring (bicyclic) bond motifs is 1. The first-order valence-corrected chi connectivity index (χ1v) is 17.0. The van der Waals surface area contributed by atoms with E-state index in [2.05, 4.69) is 15.4 Å². The highest BCUT2D eigenvalue weighted by Crippen LogP contribution is 2.41. The van der Waals surface area contributed by atoms with Crippen LogP contribution in [-0.2, 0) is 28.9 Å². The van der Waals surface area contributed by atoms with Gasteiger partial charge in [0.05, 0.1) is 35.7 Å². The Bertz CT molecular complexity index is 2290. The zero-order valence-corrected chi connectivity index (χ0v) is 27.6. The maximum Gasteiger partial charge on any atom is 0.419 e. The van der Waals surface area contributed by atoms with Gasteiger partial charge in [-0.15, -0.1) is 11.3 Å². The molecule has 0 fully saturated rings. The third-order valence-electron chi connectivity index (χ3n) is 7.32. The van der Waals surface area contributed by atoms with Crippen LogP contribution in [0.2, 0.25) is 0 Å². The van der Waals surface area contributed by atoms with Crippen molar-refractivity contribution in [3.8, 4) is 16.9 Å². The molecule has 8 nitrogen and oxygen atoms in total. The van der Waals surface area contributed by atoms with E-state index in [9.17, 15) is 53.1 Å². The number of rotatable bonds is 9. The number of thiophene rings is 1. The van der Waals surface area contributed by atoms with Gasteiger partial charge in [0.25, 0.3) is 11.8 Å². The SMILES string of the molecule is COc1ccc(-c2cc(CNS(C)(=O)=O)ccc2F)cc1C(=O)Nc1c(C(=O)Nc2ccc(F)c(C(F)(F)F)c2)sc2cc(C(F)(F)F)ccc12. The average molecular weight is 758 g/mol. The Hall–Kier alpha value is -5.07. The summed E-state index contributed by atoms with van der Waals surface area (Å²) in [4.78, 5) is 26.8. The third kappa shape index (κ3) is 8.46. The first-order valence-electron chi connectivity index (χ1n) is 14.3. The second-order valence-electron chi connectivity index (χ2n) is 10.9. The van der Waals surface area contributed by atoms with Crippen LogP contribution in [0.15, 0.2) is 72.8 Å². The summed E-state index contributed by atoms with van der Waals surface area (Å²) in [6.45, 7) is -0.169. The van der Waals surface area contributed by atoms with E-state index in [1.54, 1.807) is 0 Å². The van der Waals surface area contributed by atoms with Crippen LogP contribution in [-0.4, -0.2) is 33.6 Å². The summed E-state index contributed by atoms with van der Waals surface area (Å²) in [6.07, 6.45) is -8.95. The second kappa shape index (κ2) is 13.9. The molecule has 0 aliphatic heterocycles. The Kier molecular flexibility index (Phi) is 10.1. The van der Waals surface area contributed by atoms with Crippen molar-refractivity contribution in [1.29, 1.82) is 0 Å². The summed E-state index contributed by atoms with van der Waals surface area (Å²) in [6, 6.07) is 11.8. The van der Waals surface area contributed by atoms with Crippen LogP contribution in [0.25, 0.3) is 21.2 Å². The Morgan fingerprint density at radius 2 is 1.51 bits per heavy atom. The molecule has 4 aromatic carbocycles. The smallest absolute Gasteiger partial charge is 0.419 e. The minimum Gasteiger partial charge on any atom is -0.496 e. The molecule has 18 heteroatoms. The lowest BCUT2D eigenvalue weighted by atomic mass is 9.99. The van der Waals surface area contributed by atoms with Gasteiger partial charge in [0.2, 0.25) is 10.0 Å². The van der Waals surface area contributed by atoms with Crippen molar-refractivity contribution >= 4 is 54.6 Å². The van der Waals surface area contributed by atoms with Crippen molar-refractivity contribution in [2.75, 3.05) is 24.0 Å². The molecule has 1 heterocycles. The molecule has 0 radical (unpaired) electrons. The monoisotopic (exact) mass is 757 g/mol. The van der Waals surface area contributed by atoms with Gasteiger partial charge >= 0.3 is 12.4 Å². The molecule has 0 aliphatic rings. The molecule has 268 valence electrons. The maximum absolute atomic E-state index is 15.0. The highest BCUT2D eigenvalue weighted by molar-refractivity contribution is 7.88. The van der Waals surface area contributed by atoms with E-state index in [1.807, 2.05) is 0 Å². The van der Waals surface area contributed by atoms with Gasteiger partial charge in [-0.3, -0.25) is 9.59 Å². The van der Waals surface area contributed by atoms with E-state index >= 15 is 0 Å². The molecule has 0 aliphatic carbocycles. The number of halogens is 8. The van der Waals surface area contributed by atoms with Crippen molar-refractivity contribution in [2.45, 2.75) is 18.9 Å². The summed E-state index contributed by atoms with van der Waals surface area (Å²) in [7, 11) is -2.36. The molecule has 0 bridgehead atoms. The fourth-order valence-corrected chi connectivity index (χ4v) is 6.44. The topological polar surface area (TPSA) is 114 Å². The van der Waals surface area contributed by atoms with Crippen molar-refractivity contribution in [2.24, 2.45) is 0 Å². The number of sulfonamides is 1. The molecular weight excluding hydrogens is 734 g/mol. The number of nitrogens with one attached hydrogen (secondary N) is 3. The predicted molar refractivity (Wildman–Crippen MR) is 174 cm³/mol. The van der Waals surface area contributed by atoms with Gasteiger partial charge in [-0.1, -0.05) is 18.2 Å². The number of hydrogen-bond donors (Lipinski definition) is 3. The number of anilines is 2. The van der Waals surface area contributed by atoms with Crippen LogP contribution in [0.4, 0.5) is 46.5 Å². The Morgan fingerprint density at radius 1 is 0.804 bits per heavy atom. The van der Waals surface area contributed by atoms with Crippen LogP contribution < -0.4 is 20.1 Å². The Labute approximate surface area is 288 Å². The fourth-order valence-electron chi connectivity index (χ4n) is 4.92. The fraction of sp³-hybridized carbons (Fsp3) is 0.152. The van der Waals surface area contributed by atoms with Gasteiger partial charge in [0.1, 0.15) is 22.3 Å². The molecule has 5 rings (SSSR count). The van der Waals surface area contributed by atoms with Gasteiger partial charge in [-0.2, -0.15) is 26.3 Å². The molecule has 0 saturated heterocycles. The lowest BCUT2D eigenvalue weighted by Crippen LogP contribution is -2.21. The number of carbonyl (C=O) groups is 2. The molecule has 0 atom stereocenters. The third-order valence-corrected chi connectivity index (χ3v) is 9.14. The van der Waals surface area contributed by atoms with E-state index < -0.39 is 67.5 Å². The van der Waals surface area contributed by atoms with E-state index in [4.69, 9.17) is 4.74 Å². The largest absolute Gasteiger partial charge is 0.496 e. The minimum absolute atomic E-state index is 0.0299. The van der Waals surface area contributed by atoms with Gasteiger partial charge in [-0.05, 0) is 65.7 Å². The Morgan fingerprint density at radius 3 is 2.16 bits per heavy atom. The van der Waals surface area contributed by atoms with Crippen LogP contribution in [0, 0.1) is 11.6 Å². The summed E-state index contributed by atoms with van der Waals surface area (Å²) in [5.41, 5.74) is -3.31. The minimum atomic E-state index is -5.11. The summed E-state index contributed by atoms with van der Waals surface area (Å²) >= 11 is 0.499. The number of hydrogen-bond acceptors (Lipinski definition) is 6. The first kappa shape index (κ1) is 37.2. The molecule has 3 N–H and O–H groups in total. The average Bonchev–Trinajstić information content (AvgIpc) is 3.41. The molecule has 5 aromatic rings. The van der Waals surface area contributed by atoms with E-state index in [0.29, 0.717) is 35.1 Å². The van der Waals surface area contributed by atoms with Gasteiger partial charge in [-0.25, -0.2) is 21.9 Å². The maximum atomic E-state index is 15.0. The lowest BCUT2D eigenvalue weighted by molar-refractivity contribution is -0.140. The molecule has 1 aromatic heterocycles.